The van der Waals surface area contributed by atoms with Crippen molar-refractivity contribution in [1.29, 1.82) is 0 Å². The highest BCUT2D eigenvalue weighted by Gasteiger charge is 2.43. The third-order valence-corrected chi connectivity index (χ3v) is 6.17. The Kier molecular flexibility index (Phi) is 7.08. The highest BCUT2D eigenvalue weighted by Crippen LogP contribution is 2.48. The van der Waals surface area contributed by atoms with Crippen LogP contribution in [0.25, 0.3) is 0 Å². The fourth-order valence-electron chi connectivity index (χ4n) is 4.82. The van der Waals surface area contributed by atoms with Gasteiger partial charge in [0.1, 0.15) is 0 Å². The van der Waals surface area contributed by atoms with Crippen LogP contribution in [0.4, 0.5) is 0 Å². The molecule has 2 aliphatic rings. The van der Waals surface area contributed by atoms with Crippen LogP contribution in [0.15, 0.2) is 48.1 Å². The van der Waals surface area contributed by atoms with Gasteiger partial charge in [-0.2, -0.15) is 0 Å². The van der Waals surface area contributed by atoms with Gasteiger partial charge in [0.05, 0.1) is 12.2 Å². The molecule has 0 heterocycles. The SMILES string of the molecule is Cc1cccc(C[C@@H](O)C=C[C@H]2[C@H](O)CC3C=C(CCCCC(=O)O)C[C@@H]32)c1. The fourth-order valence-corrected chi connectivity index (χ4v) is 4.82. The van der Waals surface area contributed by atoms with Gasteiger partial charge in [-0.3, -0.25) is 4.79 Å². The summed E-state index contributed by atoms with van der Waals surface area (Å²) in [5.74, 6) is 0.180. The summed E-state index contributed by atoms with van der Waals surface area (Å²) in [7, 11) is 0. The van der Waals surface area contributed by atoms with E-state index < -0.39 is 12.1 Å². The molecule has 4 heteroatoms. The lowest BCUT2D eigenvalue weighted by atomic mass is 9.88. The molecule has 1 fully saturated rings. The Morgan fingerprint density at radius 3 is 2.89 bits per heavy atom. The number of hydrogen-bond acceptors (Lipinski definition) is 3. The van der Waals surface area contributed by atoms with Crippen molar-refractivity contribution in [1.82, 2.24) is 0 Å². The zero-order valence-electron chi connectivity index (χ0n) is 16.6. The second-order valence-corrected chi connectivity index (χ2v) is 8.48. The van der Waals surface area contributed by atoms with Crippen LogP contribution in [0.1, 0.15) is 49.7 Å². The van der Waals surface area contributed by atoms with E-state index in [-0.39, 0.29) is 18.4 Å². The number of hydrogen-bond donors (Lipinski definition) is 3. The van der Waals surface area contributed by atoms with Crippen molar-refractivity contribution < 1.29 is 20.1 Å². The van der Waals surface area contributed by atoms with E-state index in [0.717, 1.165) is 37.7 Å². The number of carbonyl (C=O) groups is 1. The van der Waals surface area contributed by atoms with Gasteiger partial charge in [-0.25, -0.2) is 0 Å². The number of rotatable bonds is 9. The molecule has 3 N–H and O–H groups in total. The van der Waals surface area contributed by atoms with E-state index in [4.69, 9.17) is 5.11 Å². The lowest BCUT2D eigenvalue weighted by molar-refractivity contribution is -0.137. The normalized spacial score (nSPS) is 27.8. The van der Waals surface area contributed by atoms with Crippen molar-refractivity contribution >= 4 is 5.97 Å². The standard InChI is InChI=1S/C24H32O4/c1-16-5-4-7-17(11-16)13-20(25)9-10-21-22-14-18(6-2-3-8-24(27)28)12-19(22)15-23(21)26/h4-5,7,9-12,19-23,25-26H,2-3,6,8,13-15H2,1H3,(H,27,28)/t19?,20-,21+,22-,23+/m0/s1. The van der Waals surface area contributed by atoms with E-state index in [1.807, 2.05) is 37.3 Å². The van der Waals surface area contributed by atoms with Crippen LogP contribution < -0.4 is 0 Å². The van der Waals surface area contributed by atoms with Crippen molar-refractivity contribution in [3.05, 3.63) is 59.2 Å². The minimum Gasteiger partial charge on any atom is -0.481 e. The average Bonchev–Trinajstić information content (AvgIpc) is 3.13. The van der Waals surface area contributed by atoms with Gasteiger partial charge in [-0.15, -0.1) is 0 Å². The monoisotopic (exact) mass is 384 g/mol. The zero-order chi connectivity index (χ0) is 20.1. The smallest absolute Gasteiger partial charge is 0.303 e. The van der Waals surface area contributed by atoms with Crippen molar-refractivity contribution in [3.63, 3.8) is 0 Å². The molecule has 3 rings (SSSR count). The maximum absolute atomic E-state index is 10.6. The van der Waals surface area contributed by atoms with E-state index in [1.54, 1.807) is 0 Å². The molecule has 0 aliphatic heterocycles. The van der Waals surface area contributed by atoms with Gasteiger partial charge in [-0.05, 0) is 56.4 Å². The maximum Gasteiger partial charge on any atom is 0.303 e. The van der Waals surface area contributed by atoms with E-state index in [0.29, 0.717) is 18.3 Å². The van der Waals surface area contributed by atoms with Crippen LogP contribution in [0.2, 0.25) is 0 Å². The minimum absolute atomic E-state index is 0.0879. The number of carboxylic acid groups (broad SMARTS) is 1. The average molecular weight is 385 g/mol. The van der Waals surface area contributed by atoms with E-state index in [1.165, 1.54) is 11.1 Å². The van der Waals surface area contributed by atoms with Crippen LogP contribution in [0.5, 0.6) is 0 Å². The van der Waals surface area contributed by atoms with Crippen molar-refractivity contribution in [2.75, 3.05) is 0 Å². The number of aliphatic hydroxyl groups is 2. The Morgan fingerprint density at radius 1 is 1.32 bits per heavy atom. The van der Waals surface area contributed by atoms with Crippen LogP contribution in [-0.2, 0) is 11.2 Å². The number of benzene rings is 1. The number of fused-ring (bicyclic) bond motifs is 1. The lowest BCUT2D eigenvalue weighted by Crippen LogP contribution is -2.18. The summed E-state index contributed by atoms with van der Waals surface area (Å²) >= 11 is 0. The Hall–Kier alpha value is -1.91. The third-order valence-electron chi connectivity index (χ3n) is 6.17. The first-order chi connectivity index (χ1) is 13.4. The summed E-state index contributed by atoms with van der Waals surface area (Å²) in [6, 6.07) is 8.18. The zero-order valence-corrected chi connectivity index (χ0v) is 16.6. The number of allylic oxidation sites excluding steroid dienone is 2. The van der Waals surface area contributed by atoms with Gasteiger partial charge in [-0.1, -0.05) is 53.6 Å². The second kappa shape index (κ2) is 9.53. The van der Waals surface area contributed by atoms with Gasteiger partial charge in [0.2, 0.25) is 0 Å². The topological polar surface area (TPSA) is 77.8 Å². The van der Waals surface area contributed by atoms with E-state index >= 15 is 0 Å². The molecular weight excluding hydrogens is 352 g/mol. The summed E-state index contributed by atoms with van der Waals surface area (Å²) in [6.45, 7) is 2.05. The van der Waals surface area contributed by atoms with Gasteiger partial charge < -0.3 is 15.3 Å². The fraction of sp³-hybridized carbons (Fsp3) is 0.542. The number of unbranched alkanes of at least 4 members (excludes halogenated alkanes) is 1. The van der Waals surface area contributed by atoms with E-state index in [9.17, 15) is 15.0 Å². The molecule has 0 spiro atoms. The van der Waals surface area contributed by atoms with Gasteiger partial charge in [0.15, 0.2) is 0 Å². The molecule has 1 aromatic rings. The summed E-state index contributed by atoms with van der Waals surface area (Å²) in [5, 5.41) is 29.6. The quantitative estimate of drug-likeness (QED) is 0.443. The predicted molar refractivity (Wildman–Crippen MR) is 110 cm³/mol. The van der Waals surface area contributed by atoms with Crippen LogP contribution >= 0.6 is 0 Å². The highest BCUT2D eigenvalue weighted by molar-refractivity contribution is 5.66. The second-order valence-electron chi connectivity index (χ2n) is 8.48. The first-order valence-electron chi connectivity index (χ1n) is 10.4. The van der Waals surface area contributed by atoms with Crippen molar-refractivity contribution in [2.45, 2.75) is 64.1 Å². The first-order valence-corrected chi connectivity index (χ1v) is 10.4. The van der Waals surface area contributed by atoms with Gasteiger partial charge in [0, 0.05) is 18.8 Å². The number of carboxylic acids is 1. The van der Waals surface area contributed by atoms with E-state index in [2.05, 4.69) is 12.1 Å². The molecule has 0 radical (unpaired) electrons. The Morgan fingerprint density at radius 2 is 2.14 bits per heavy atom. The molecule has 0 aromatic heterocycles. The Balaban J connectivity index is 1.51. The maximum atomic E-state index is 10.6. The molecule has 28 heavy (non-hydrogen) atoms. The lowest BCUT2D eigenvalue weighted by Gasteiger charge is -2.19. The molecule has 4 nitrogen and oxygen atoms in total. The first kappa shape index (κ1) is 20.8. The summed E-state index contributed by atoms with van der Waals surface area (Å²) in [5.41, 5.74) is 3.72. The summed E-state index contributed by atoms with van der Waals surface area (Å²) in [6.07, 6.45) is 10.5. The molecule has 5 atom stereocenters. The highest BCUT2D eigenvalue weighted by atomic mass is 16.4. The molecule has 1 saturated carbocycles. The minimum atomic E-state index is -0.727. The molecule has 1 unspecified atom stereocenters. The Bertz CT molecular complexity index is 736. The number of aryl methyl sites for hydroxylation is 1. The van der Waals surface area contributed by atoms with Crippen LogP contribution in [-0.4, -0.2) is 33.5 Å². The Labute approximate surface area is 167 Å². The molecular formula is C24H32O4. The van der Waals surface area contributed by atoms with Gasteiger partial charge in [0.25, 0.3) is 0 Å². The molecule has 0 bridgehead atoms. The number of aliphatic hydroxyl groups excluding tert-OH is 2. The summed E-state index contributed by atoms with van der Waals surface area (Å²) < 4.78 is 0. The molecule has 0 saturated heterocycles. The van der Waals surface area contributed by atoms with Crippen LogP contribution in [0.3, 0.4) is 0 Å². The predicted octanol–water partition coefficient (Wildman–Crippen LogP) is 4.04. The summed E-state index contributed by atoms with van der Waals surface area (Å²) in [4.78, 5) is 10.6. The molecule has 2 aliphatic carbocycles. The van der Waals surface area contributed by atoms with Gasteiger partial charge >= 0.3 is 5.97 Å². The van der Waals surface area contributed by atoms with Crippen molar-refractivity contribution in [2.24, 2.45) is 17.8 Å². The largest absolute Gasteiger partial charge is 0.481 e. The number of aliphatic carboxylic acids is 1. The molecule has 152 valence electrons. The molecule has 1 aromatic carbocycles. The third kappa shape index (κ3) is 5.55. The molecule has 0 amide bonds. The van der Waals surface area contributed by atoms with Crippen LogP contribution in [0, 0.1) is 24.7 Å². The van der Waals surface area contributed by atoms with Crippen molar-refractivity contribution in [3.8, 4) is 0 Å².